The van der Waals surface area contributed by atoms with E-state index in [9.17, 15) is 23.1 Å². The number of halogens is 1. The number of nitrogens with zero attached hydrogens (tertiary/aromatic N) is 6. The smallest absolute Gasteiger partial charge is 0.410 e. The first-order chi connectivity index (χ1) is 17.6. The Morgan fingerprint density at radius 1 is 1.30 bits per heavy atom. The zero-order valence-electron chi connectivity index (χ0n) is 19.4. The fourth-order valence-electron chi connectivity index (χ4n) is 4.30. The minimum atomic E-state index is -3.41. The Labute approximate surface area is 215 Å². The van der Waals surface area contributed by atoms with E-state index in [2.05, 4.69) is 30.4 Å². The Morgan fingerprint density at radius 2 is 2.11 bits per heavy atom. The summed E-state index contributed by atoms with van der Waals surface area (Å²) in [7, 11) is -3.41. The van der Waals surface area contributed by atoms with Crippen LogP contribution in [0.5, 0.6) is 0 Å². The van der Waals surface area contributed by atoms with Crippen LogP contribution in [0.4, 0.5) is 16.4 Å². The lowest BCUT2D eigenvalue weighted by molar-refractivity contribution is 0.0942. The molecule has 4 aromatic heterocycles. The monoisotopic (exact) mass is 547 g/mol. The predicted octanol–water partition coefficient (Wildman–Crippen LogP) is 1.35. The zero-order valence-corrected chi connectivity index (χ0v) is 21.0. The van der Waals surface area contributed by atoms with Crippen LogP contribution in [-0.2, 0) is 10.0 Å². The SMILES string of the molecule is CC(NC(=O)c1c(NC(=O)O)nn2cccnc12)c1cc(Cl)c2cncn2c1N1CCNS(=O)(=O)CC1. The minimum Gasteiger partial charge on any atom is -0.465 e. The quantitative estimate of drug-likeness (QED) is 0.287. The predicted molar refractivity (Wildman–Crippen MR) is 135 cm³/mol. The summed E-state index contributed by atoms with van der Waals surface area (Å²) in [6.45, 7) is 2.54. The van der Waals surface area contributed by atoms with Gasteiger partial charge in [0.15, 0.2) is 11.5 Å². The van der Waals surface area contributed by atoms with Crippen LogP contribution in [0.1, 0.15) is 28.9 Å². The zero-order chi connectivity index (χ0) is 26.3. The summed E-state index contributed by atoms with van der Waals surface area (Å²) in [4.78, 5) is 35.0. The highest BCUT2D eigenvalue weighted by molar-refractivity contribution is 7.89. The number of carbonyl (C=O) groups excluding carboxylic acids is 1. The molecule has 1 unspecified atom stereocenters. The van der Waals surface area contributed by atoms with Gasteiger partial charge >= 0.3 is 6.09 Å². The summed E-state index contributed by atoms with van der Waals surface area (Å²) >= 11 is 6.53. The molecule has 0 aromatic carbocycles. The lowest BCUT2D eigenvalue weighted by Crippen LogP contribution is -2.34. The Balaban J connectivity index is 1.55. The van der Waals surface area contributed by atoms with Crippen LogP contribution in [0.15, 0.2) is 37.1 Å². The summed E-state index contributed by atoms with van der Waals surface area (Å²) in [5, 5.41) is 18.7. The number of hydrogen-bond donors (Lipinski definition) is 4. The van der Waals surface area contributed by atoms with Gasteiger partial charge in [-0.15, -0.1) is 5.10 Å². The number of sulfonamides is 1. The Morgan fingerprint density at radius 3 is 2.89 bits per heavy atom. The molecular weight excluding hydrogens is 526 g/mol. The van der Waals surface area contributed by atoms with Gasteiger partial charge in [-0.2, -0.15) is 0 Å². The van der Waals surface area contributed by atoms with Gasteiger partial charge < -0.3 is 15.3 Å². The molecule has 1 saturated heterocycles. The molecule has 0 spiro atoms. The second-order valence-corrected chi connectivity index (χ2v) is 10.7. The summed E-state index contributed by atoms with van der Waals surface area (Å²) in [5.41, 5.74) is 1.36. The van der Waals surface area contributed by atoms with E-state index in [1.807, 2.05) is 4.90 Å². The Kier molecular flexibility index (Phi) is 6.35. The lowest BCUT2D eigenvalue weighted by Gasteiger charge is -2.28. The number of fused-ring (bicyclic) bond motifs is 2. The number of anilines is 2. The maximum absolute atomic E-state index is 13.4. The van der Waals surface area contributed by atoms with Crippen LogP contribution in [0.25, 0.3) is 11.2 Å². The van der Waals surface area contributed by atoms with Gasteiger partial charge in [-0.25, -0.2) is 32.4 Å². The van der Waals surface area contributed by atoms with Crippen molar-refractivity contribution in [2.75, 3.05) is 35.6 Å². The van der Waals surface area contributed by atoms with E-state index < -0.39 is 28.1 Å². The summed E-state index contributed by atoms with van der Waals surface area (Å²) in [6.07, 6.45) is 4.80. The maximum atomic E-state index is 13.4. The van der Waals surface area contributed by atoms with Crippen molar-refractivity contribution in [1.82, 2.24) is 34.0 Å². The lowest BCUT2D eigenvalue weighted by atomic mass is 10.1. The van der Waals surface area contributed by atoms with E-state index in [-0.39, 0.29) is 35.9 Å². The topological polar surface area (TPSA) is 175 Å². The maximum Gasteiger partial charge on any atom is 0.410 e. The van der Waals surface area contributed by atoms with Crippen molar-refractivity contribution < 1.29 is 23.1 Å². The largest absolute Gasteiger partial charge is 0.465 e. The van der Waals surface area contributed by atoms with Crippen molar-refractivity contribution in [3.05, 3.63) is 53.2 Å². The molecule has 37 heavy (non-hydrogen) atoms. The number of aromatic nitrogens is 5. The van der Waals surface area contributed by atoms with Crippen LogP contribution < -0.4 is 20.3 Å². The molecular formula is C21H22ClN9O5S. The minimum absolute atomic E-state index is 0.0451. The fraction of sp³-hybridized carbons (Fsp3) is 0.286. The number of imidazole rings is 1. The van der Waals surface area contributed by atoms with Gasteiger partial charge in [0.2, 0.25) is 10.0 Å². The highest BCUT2D eigenvalue weighted by atomic mass is 35.5. The first-order valence-corrected chi connectivity index (χ1v) is 13.2. The average Bonchev–Trinajstić information content (AvgIpc) is 3.41. The number of hydrogen-bond acceptors (Lipinski definition) is 8. The molecule has 194 valence electrons. The van der Waals surface area contributed by atoms with E-state index in [0.29, 0.717) is 28.5 Å². The van der Waals surface area contributed by atoms with Crippen LogP contribution in [0, 0.1) is 0 Å². The molecule has 0 radical (unpaired) electrons. The van der Waals surface area contributed by atoms with Crippen LogP contribution in [0.2, 0.25) is 5.02 Å². The number of carboxylic acid groups (broad SMARTS) is 1. The Hall–Kier alpha value is -3.95. The summed E-state index contributed by atoms with van der Waals surface area (Å²) < 4.78 is 29.9. The molecule has 0 bridgehead atoms. The van der Waals surface area contributed by atoms with Gasteiger partial charge in [0.25, 0.3) is 5.91 Å². The van der Waals surface area contributed by atoms with Gasteiger partial charge in [0.1, 0.15) is 17.7 Å². The highest BCUT2D eigenvalue weighted by Crippen LogP contribution is 2.33. The van der Waals surface area contributed by atoms with Gasteiger partial charge in [-0.3, -0.25) is 14.5 Å². The van der Waals surface area contributed by atoms with Crippen molar-refractivity contribution in [3.8, 4) is 0 Å². The number of amides is 2. The van der Waals surface area contributed by atoms with Crippen molar-refractivity contribution in [3.63, 3.8) is 0 Å². The standard InChI is InChI=1S/C21H22ClN9O5S/c1-12(26-19(32)16-17(27-21(33)34)28-31-5-2-3-24-18(16)31)13-9-14(22)15-10-23-11-30(15)20(13)29-6-4-25-37(35,36)8-7-29/h2-3,5,9-12,25H,4,6-8H2,1H3,(H,26,32)(H,27,28)(H,33,34). The molecule has 4 aromatic rings. The molecule has 0 saturated carbocycles. The molecule has 5 rings (SSSR count). The molecule has 16 heteroatoms. The normalized spacial score (nSPS) is 16.4. The average molecular weight is 548 g/mol. The second kappa shape index (κ2) is 9.49. The van der Waals surface area contributed by atoms with Gasteiger partial charge in [-0.1, -0.05) is 11.6 Å². The first-order valence-electron chi connectivity index (χ1n) is 11.2. The van der Waals surface area contributed by atoms with Crippen molar-refractivity contribution >= 4 is 56.4 Å². The molecule has 0 aliphatic carbocycles. The molecule has 5 heterocycles. The Bertz CT molecular complexity index is 1630. The molecule has 1 aliphatic heterocycles. The van der Waals surface area contributed by atoms with Crippen LogP contribution in [-0.4, -0.2) is 74.9 Å². The third-order valence-electron chi connectivity index (χ3n) is 5.95. The fourth-order valence-corrected chi connectivity index (χ4v) is 5.57. The third-order valence-corrected chi connectivity index (χ3v) is 7.61. The van der Waals surface area contributed by atoms with Gasteiger partial charge in [0.05, 0.1) is 28.5 Å². The molecule has 1 aliphatic rings. The van der Waals surface area contributed by atoms with Gasteiger partial charge in [0, 0.05) is 37.6 Å². The third kappa shape index (κ3) is 4.75. The van der Waals surface area contributed by atoms with Crippen LogP contribution >= 0.6 is 11.6 Å². The summed E-state index contributed by atoms with van der Waals surface area (Å²) in [6, 6.07) is 2.66. The molecule has 1 fully saturated rings. The van der Waals surface area contributed by atoms with Crippen LogP contribution in [0.3, 0.4) is 0 Å². The second-order valence-electron chi connectivity index (χ2n) is 8.36. The highest BCUT2D eigenvalue weighted by Gasteiger charge is 2.28. The molecule has 4 N–H and O–H groups in total. The summed E-state index contributed by atoms with van der Waals surface area (Å²) in [5.74, 6) is -0.254. The van der Waals surface area contributed by atoms with E-state index in [0.717, 1.165) is 0 Å². The number of carbonyl (C=O) groups is 2. The number of rotatable bonds is 5. The molecule has 14 nitrogen and oxygen atoms in total. The van der Waals surface area contributed by atoms with E-state index in [4.69, 9.17) is 11.6 Å². The van der Waals surface area contributed by atoms with E-state index >= 15 is 0 Å². The van der Waals surface area contributed by atoms with E-state index in [1.54, 1.807) is 42.2 Å². The molecule has 2 amide bonds. The number of pyridine rings is 1. The first kappa shape index (κ1) is 24.7. The number of nitrogens with one attached hydrogen (secondary N) is 3. The van der Waals surface area contributed by atoms with Crippen molar-refractivity contribution in [1.29, 1.82) is 0 Å². The van der Waals surface area contributed by atoms with Crippen molar-refractivity contribution in [2.24, 2.45) is 0 Å². The molecule has 1 atom stereocenters. The van der Waals surface area contributed by atoms with Crippen molar-refractivity contribution in [2.45, 2.75) is 13.0 Å². The van der Waals surface area contributed by atoms with E-state index in [1.165, 1.54) is 10.7 Å². The van der Waals surface area contributed by atoms with Gasteiger partial charge in [-0.05, 0) is 19.1 Å².